The van der Waals surface area contributed by atoms with Crippen LogP contribution >= 0.6 is 0 Å². The molecule has 0 N–H and O–H groups in total. The minimum Gasteiger partial charge on any atom is -0.330 e. The Kier molecular flexibility index (Phi) is 3.29. The summed E-state index contributed by atoms with van der Waals surface area (Å²) in [6, 6.07) is 0. The summed E-state index contributed by atoms with van der Waals surface area (Å²) in [5.74, 6) is 9.04. The second kappa shape index (κ2) is 4.32. The molecule has 3 heteroatoms. The van der Waals surface area contributed by atoms with E-state index >= 15 is 0 Å². The van der Waals surface area contributed by atoms with Crippen molar-refractivity contribution in [3.63, 3.8) is 0 Å². The second-order valence-corrected chi connectivity index (χ2v) is 2.92. The fourth-order valence-electron chi connectivity index (χ4n) is 1.31. The Morgan fingerprint density at radius 3 is 1.62 bits per heavy atom. The third kappa shape index (κ3) is 1.45. The van der Waals surface area contributed by atoms with Crippen molar-refractivity contribution in [2.75, 3.05) is 6.61 Å². The Morgan fingerprint density at radius 2 is 1.38 bits per heavy atom. The van der Waals surface area contributed by atoms with Crippen LogP contribution in [0.1, 0.15) is 6.92 Å². The minimum absolute atomic E-state index is 0.348. The molecule has 0 bridgehead atoms. The molecule has 16 heavy (non-hydrogen) atoms. The van der Waals surface area contributed by atoms with E-state index in [1.165, 1.54) is 0 Å². The maximum atomic E-state index is 5.32. The van der Waals surface area contributed by atoms with Gasteiger partial charge < -0.3 is 4.74 Å². The van der Waals surface area contributed by atoms with Crippen molar-refractivity contribution in [2.45, 2.75) is 24.6 Å². The van der Waals surface area contributed by atoms with Crippen LogP contribution < -0.4 is 0 Å². The van der Waals surface area contributed by atoms with E-state index in [9.17, 15) is 0 Å². The Morgan fingerprint density at radius 1 is 1.00 bits per heavy atom. The highest BCUT2D eigenvalue weighted by Gasteiger charge is 2.59. The molecule has 0 aromatic heterocycles. The molecule has 0 unspecified atom stereocenters. The van der Waals surface area contributed by atoms with Gasteiger partial charge in [-0.2, -0.15) is 0 Å². The van der Waals surface area contributed by atoms with Crippen molar-refractivity contribution in [1.82, 2.24) is 0 Å². The molecule has 1 heterocycles. The second-order valence-electron chi connectivity index (χ2n) is 2.92. The van der Waals surface area contributed by atoms with Crippen molar-refractivity contribution in [3.8, 4) is 49.4 Å². The van der Waals surface area contributed by atoms with Crippen LogP contribution in [0.5, 0.6) is 0 Å². The molecule has 0 aromatic rings. The van der Waals surface area contributed by atoms with Crippen molar-refractivity contribution < 1.29 is 14.2 Å². The molecule has 0 atom stereocenters. The van der Waals surface area contributed by atoms with Gasteiger partial charge in [0.15, 0.2) is 0 Å². The molecule has 0 radical (unpaired) electrons. The first-order valence-electron chi connectivity index (χ1n) is 4.52. The lowest BCUT2D eigenvalue weighted by molar-refractivity contribution is -0.242. The standard InChI is InChI=1S/C13H10O3/c1-6-12(7-2)13(8-3,9-4)16-11(15-12)14-10-5/h1-4,11H,10H2,5H3. The largest absolute Gasteiger partial charge is 0.330 e. The zero-order valence-corrected chi connectivity index (χ0v) is 8.82. The fourth-order valence-corrected chi connectivity index (χ4v) is 1.31. The summed E-state index contributed by atoms with van der Waals surface area (Å²) in [6.07, 6.45) is 21.3. The molecule has 0 aliphatic carbocycles. The van der Waals surface area contributed by atoms with Crippen molar-refractivity contribution in [1.29, 1.82) is 0 Å². The Bertz CT molecular complexity index is 368. The van der Waals surface area contributed by atoms with Crippen molar-refractivity contribution in [3.05, 3.63) is 0 Å². The molecule has 1 saturated heterocycles. The number of ether oxygens (including phenoxy) is 3. The highest BCUT2D eigenvalue weighted by Crippen LogP contribution is 2.38. The van der Waals surface area contributed by atoms with E-state index < -0.39 is 17.7 Å². The summed E-state index contributed by atoms with van der Waals surface area (Å²) in [7, 11) is 0. The van der Waals surface area contributed by atoms with E-state index in [1.807, 2.05) is 0 Å². The van der Waals surface area contributed by atoms with Gasteiger partial charge in [-0.05, 0) is 6.92 Å². The maximum absolute atomic E-state index is 5.32. The van der Waals surface area contributed by atoms with Crippen LogP contribution in [0.25, 0.3) is 0 Å². The maximum Gasteiger partial charge on any atom is 0.276 e. The van der Waals surface area contributed by atoms with Crippen LogP contribution in [0, 0.1) is 49.4 Å². The molecular formula is C13H10O3. The van der Waals surface area contributed by atoms with Gasteiger partial charge in [0, 0.05) is 6.61 Å². The molecule has 1 aliphatic heterocycles. The molecule has 1 aliphatic rings. The first kappa shape index (κ1) is 12.2. The molecular weight excluding hydrogens is 204 g/mol. The van der Waals surface area contributed by atoms with Gasteiger partial charge in [0.1, 0.15) is 0 Å². The monoisotopic (exact) mass is 214 g/mol. The predicted octanol–water partition coefficient (Wildman–Crippen LogP) is 0.364. The van der Waals surface area contributed by atoms with Gasteiger partial charge >= 0.3 is 0 Å². The lowest BCUT2D eigenvalue weighted by Gasteiger charge is -2.25. The Balaban J connectivity index is 3.20. The third-order valence-corrected chi connectivity index (χ3v) is 2.16. The molecule has 0 saturated carbocycles. The Hall–Kier alpha value is -1.88. The number of rotatable bonds is 2. The number of hydrogen-bond acceptors (Lipinski definition) is 3. The minimum atomic E-state index is -1.60. The molecule has 1 rings (SSSR count). The average molecular weight is 214 g/mol. The van der Waals surface area contributed by atoms with Crippen LogP contribution in [0.2, 0.25) is 0 Å². The molecule has 0 aromatic carbocycles. The normalized spacial score (nSPS) is 21.3. The molecule has 80 valence electrons. The molecule has 1 fully saturated rings. The first-order chi connectivity index (χ1) is 7.63. The van der Waals surface area contributed by atoms with Crippen LogP contribution in [0.15, 0.2) is 0 Å². The van der Waals surface area contributed by atoms with Crippen LogP contribution in [0.3, 0.4) is 0 Å². The summed E-state index contributed by atoms with van der Waals surface area (Å²) in [5.41, 5.74) is -3.20. The van der Waals surface area contributed by atoms with Gasteiger partial charge in [-0.15, -0.1) is 25.7 Å². The van der Waals surface area contributed by atoms with E-state index in [0.29, 0.717) is 6.61 Å². The lowest BCUT2D eigenvalue weighted by atomic mass is 9.85. The van der Waals surface area contributed by atoms with E-state index in [-0.39, 0.29) is 0 Å². The lowest BCUT2D eigenvalue weighted by Crippen LogP contribution is -2.47. The predicted molar refractivity (Wildman–Crippen MR) is 58.4 cm³/mol. The summed E-state index contributed by atoms with van der Waals surface area (Å²) in [5, 5.41) is 0. The quantitative estimate of drug-likeness (QED) is 0.621. The van der Waals surface area contributed by atoms with E-state index in [4.69, 9.17) is 39.9 Å². The summed E-state index contributed by atoms with van der Waals surface area (Å²) >= 11 is 0. The van der Waals surface area contributed by atoms with Gasteiger partial charge in [0.2, 0.25) is 11.2 Å². The van der Waals surface area contributed by atoms with Gasteiger partial charge in [0.25, 0.3) is 6.48 Å². The van der Waals surface area contributed by atoms with Crippen molar-refractivity contribution >= 4 is 0 Å². The first-order valence-corrected chi connectivity index (χ1v) is 4.52. The smallest absolute Gasteiger partial charge is 0.276 e. The van der Waals surface area contributed by atoms with Crippen LogP contribution in [-0.4, -0.2) is 24.3 Å². The van der Waals surface area contributed by atoms with E-state index in [2.05, 4.69) is 23.7 Å². The fraction of sp³-hybridized carbons (Fsp3) is 0.385. The summed E-state index contributed by atoms with van der Waals surface area (Å²) in [6.45, 7) is 1.05. The van der Waals surface area contributed by atoms with Gasteiger partial charge in [-0.3, -0.25) is 9.47 Å². The number of terminal acetylenes is 4. The summed E-state index contributed by atoms with van der Waals surface area (Å²) < 4.78 is 15.7. The SMILES string of the molecule is C#CC1(C#C)OC(OCC)OC1(C#C)C#C. The van der Waals surface area contributed by atoms with Crippen molar-refractivity contribution in [2.24, 2.45) is 0 Å². The molecule has 3 nitrogen and oxygen atoms in total. The highest BCUT2D eigenvalue weighted by atomic mass is 16.9. The third-order valence-electron chi connectivity index (χ3n) is 2.16. The zero-order valence-electron chi connectivity index (χ0n) is 8.82. The van der Waals surface area contributed by atoms with Gasteiger partial charge in [-0.1, -0.05) is 23.7 Å². The van der Waals surface area contributed by atoms with Gasteiger partial charge in [-0.25, -0.2) is 0 Å². The van der Waals surface area contributed by atoms with Crippen LogP contribution in [-0.2, 0) is 14.2 Å². The van der Waals surface area contributed by atoms with Gasteiger partial charge in [0.05, 0.1) is 0 Å². The number of hydrogen-bond donors (Lipinski definition) is 0. The topological polar surface area (TPSA) is 27.7 Å². The average Bonchev–Trinajstić information content (AvgIpc) is 2.64. The Labute approximate surface area is 95.5 Å². The zero-order chi connectivity index (χ0) is 12.2. The summed E-state index contributed by atoms with van der Waals surface area (Å²) in [4.78, 5) is 0. The highest BCUT2D eigenvalue weighted by molar-refractivity contribution is 5.48. The van der Waals surface area contributed by atoms with E-state index in [0.717, 1.165) is 0 Å². The van der Waals surface area contributed by atoms with E-state index in [1.54, 1.807) is 6.92 Å². The molecule has 0 spiro atoms. The van der Waals surface area contributed by atoms with Crippen LogP contribution in [0.4, 0.5) is 0 Å². The molecule has 0 amide bonds.